The molecule has 1 N–H and O–H groups in total. The number of aliphatic hydroxyl groups is 1. The normalized spacial score (nSPS) is 20.2. The molecule has 1 atom stereocenters. The van der Waals surface area contributed by atoms with Crippen molar-refractivity contribution in [2.45, 2.75) is 26.5 Å². The minimum atomic E-state index is -0.708. The maximum absolute atomic E-state index is 13.6. The number of aliphatic hydroxyl groups excluding tert-OH is 1. The van der Waals surface area contributed by atoms with E-state index in [0.29, 0.717) is 16.8 Å². The van der Waals surface area contributed by atoms with Crippen LogP contribution in [0, 0.1) is 11.2 Å². The SMILES string of the molecule is CC1(C)C(=O)c2ccc(F)cc2[C@@H]1n1cncc1CO. The molecular formula is C15H15FN2O2. The lowest BCUT2D eigenvalue weighted by molar-refractivity contribution is 0.0817. The predicted molar refractivity (Wildman–Crippen MR) is 70.8 cm³/mol. The first-order valence-corrected chi connectivity index (χ1v) is 6.42. The van der Waals surface area contributed by atoms with E-state index in [4.69, 9.17) is 0 Å². The zero-order valence-electron chi connectivity index (χ0n) is 11.3. The maximum Gasteiger partial charge on any atom is 0.171 e. The number of benzene rings is 1. The lowest BCUT2D eigenvalue weighted by atomic mass is 9.84. The molecule has 5 heteroatoms. The molecule has 1 heterocycles. The summed E-state index contributed by atoms with van der Waals surface area (Å²) in [5, 5.41) is 9.39. The third-order valence-corrected chi connectivity index (χ3v) is 4.01. The van der Waals surface area contributed by atoms with Gasteiger partial charge in [-0.15, -0.1) is 0 Å². The van der Waals surface area contributed by atoms with Crippen LogP contribution in [0.3, 0.4) is 0 Å². The molecule has 0 saturated heterocycles. The first-order chi connectivity index (χ1) is 9.46. The molecule has 0 aliphatic heterocycles. The molecule has 0 spiro atoms. The Bertz CT molecular complexity index is 691. The molecule has 1 aromatic carbocycles. The summed E-state index contributed by atoms with van der Waals surface area (Å²) in [7, 11) is 0. The van der Waals surface area contributed by atoms with E-state index >= 15 is 0 Å². The fourth-order valence-electron chi connectivity index (χ4n) is 3.01. The highest BCUT2D eigenvalue weighted by atomic mass is 19.1. The largest absolute Gasteiger partial charge is 0.390 e. The van der Waals surface area contributed by atoms with Gasteiger partial charge in [-0.3, -0.25) is 4.79 Å². The van der Waals surface area contributed by atoms with Crippen LogP contribution in [0.2, 0.25) is 0 Å². The lowest BCUT2D eigenvalue weighted by Gasteiger charge is -2.28. The monoisotopic (exact) mass is 274 g/mol. The van der Waals surface area contributed by atoms with Gasteiger partial charge in [-0.1, -0.05) is 13.8 Å². The second kappa shape index (κ2) is 4.24. The van der Waals surface area contributed by atoms with E-state index in [1.165, 1.54) is 18.2 Å². The van der Waals surface area contributed by atoms with Crippen LogP contribution in [0.25, 0.3) is 0 Å². The number of rotatable bonds is 2. The van der Waals surface area contributed by atoms with Crippen LogP contribution in [0.15, 0.2) is 30.7 Å². The van der Waals surface area contributed by atoms with E-state index in [0.717, 1.165) is 0 Å². The topological polar surface area (TPSA) is 55.1 Å². The van der Waals surface area contributed by atoms with E-state index in [2.05, 4.69) is 4.98 Å². The van der Waals surface area contributed by atoms with E-state index < -0.39 is 5.41 Å². The molecule has 0 fully saturated rings. The van der Waals surface area contributed by atoms with Gasteiger partial charge >= 0.3 is 0 Å². The van der Waals surface area contributed by atoms with Gasteiger partial charge in [0.1, 0.15) is 5.82 Å². The summed E-state index contributed by atoms with van der Waals surface area (Å²) in [4.78, 5) is 16.5. The summed E-state index contributed by atoms with van der Waals surface area (Å²) in [6, 6.07) is 3.87. The lowest BCUT2D eigenvalue weighted by Crippen LogP contribution is -2.29. The molecule has 2 aromatic rings. The van der Waals surface area contributed by atoms with Crippen molar-refractivity contribution >= 4 is 5.78 Å². The van der Waals surface area contributed by atoms with Crippen LogP contribution in [0.1, 0.15) is 41.5 Å². The number of hydrogen-bond acceptors (Lipinski definition) is 3. The van der Waals surface area contributed by atoms with E-state index in [1.807, 2.05) is 13.8 Å². The van der Waals surface area contributed by atoms with Crippen LogP contribution in [0.4, 0.5) is 4.39 Å². The maximum atomic E-state index is 13.6. The van der Waals surface area contributed by atoms with Gasteiger partial charge in [0, 0.05) is 5.56 Å². The van der Waals surface area contributed by atoms with Crippen LogP contribution in [0.5, 0.6) is 0 Å². The molecule has 104 valence electrons. The molecule has 1 aliphatic rings. The van der Waals surface area contributed by atoms with Crippen LogP contribution >= 0.6 is 0 Å². The molecule has 1 aliphatic carbocycles. The van der Waals surface area contributed by atoms with Crippen molar-refractivity contribution < 1.29 is 14.3 Å². The number of hydrogen-bond donors (Lipinski definition) is 1. The van der Waals surface area contributed by atoms with Crippen molar-refractivity contribution in [3.05, 3.63) is 53.4 Å². The molecule has 0 radical (unpaired) electrons. The Morgan fingerprint density at radius 3 is 2.90 bits per heavy atom. The number of halogens is 1. The van der Waals surface area contributed by atoms with Gasteiger partial charge in [-0.05, 0) is 23.8 Å². The van der Waals surface area contributed by atoms with Crippen molar-refractivity contribution in [1.29, 1.82) is 0 Å². The van der Waals surface area contributed by atoms with Gasteiger partial charge in [0.2, 0.25) is 0 Å². The van der Waals surface area contributed by atoms with Crippen molar-refractivity contribution in [2.75, 3.05) is 0 Å². The summed E-state index contributed by atoms with van der Waals surface area (Å²) in [5.41, 5.74) is 1.08. The van der Waals surface area contributed by atoms with Gasteiger partial charge in [-0.25, -0.2) is 9.37 Å². The Balaban J connectivity index is 2.25. The van der Waals surface area contributed by atoms with Crippen LogP contribution in [-0.2, 0) is 6.61 Å². The summed E-state index contributed by atoms with van der Waals surface area (Å²) >= 11 is 0. The number of nitrogens with zero attached hydrogens (tertiary/aromatic N) is 2. The molecule has 0 amide bonds. The fourth-order valence-corrected chi connectivity index (χ4v) is 3.01. The average molecular weight is 274 g/mol. The smallest absolute Gasteiger partial charge is 0.171 e. The first-order valence-electron chi connectivity index (χ1n) is 6.42. The first kappa shape index (κ1) is 13.0. The average Bonchev–Trinajstić information content (AvgIpc) is 2.92. The fraction of sp³-hybridized carbons (Fsp3) is 0.333. The van der Waals surface area contributed by atoms with Crippen molar-refractivity contribution in [2.24, 2.45) is 5.41 Å². The van der Waals surface area contributed by atoms with Crippen LogP contribution < -0.4 is 0 Å². The molecule has 1 aromatic heterocycles. The second-order valence-corrected chi connectivity index (χ2v) is 5.64. The predicted octanol–water partition coefficient (Wildman–Crippen LogP) is 2.33. The second-order valence-electron chi connectivity index (χ2n) is 5.64. The molecule has 3 rings (SSSR count). The third kappa shape index (κ3) is 1.63. The highest BCUT2D eigenvalue weighted by Crippen LogP contribution is 2.47. The third-order valence-electron chi connectivity index (χ3n) is 4.01. The van der Waals surface area contributed by atoms with E-state index in [9.17, 15) is 14.3 Å². The molecule has 20 heavy (non-hydrogen) atoms. The standard InChI is InChI=1S/C15H15FN2O2/c1-15(2)13(18-8-17-6-10(18)7-19)12-5-9(16)3-4-11(12)14(15)20/h3-6,8,13,19H,7H2,1-2H3/t13-/m0/s1. The molecule has 0 saturated carbocycles. The summed E-state index contributed by atoms with van der Waals surface area (Å²) < 4.78 is 15.3. The minimum absolute atomic E-state index is 0.0184. The molecule has 4 nitrogen and oxygen atoms in total. The van der Waals surface area contributed by atoms with Gasteiger partial charge in [-0.2, -0.15) is 0 Å². The summed E-state index contributed by atoms with van der Waals surface area (Å²) in [5.74, 6) is -0.389. The number of aromatic nitrogens is 2. The quantitative estimate of drug-likeness (QED) is 0.914. The zero-order chi connectivity index (χ0) is 14.5. The van der Waals surface area contributed by atoms with Gasteiger partial charge in [0.25, 0.3) is 0 Å². The van der Waals surface area contributed by atoms with Crippen molar-refractivity contribution in [3.8, 4) is 0 Å². The van der Waals surface area contributed by atoms with Gasteiger partial charge in [0.15, 0.2) is 5.78 Å². The Hall–Kier alpha value is -2.01. The minimum Gasteiger partial charge on any atom is -0.390 e. The van der Waals surface area contributed by atoms with Crippen molar-refractivity contribution in [1.82, 2.24) is 9.55 Å². The van der Waals surface area contributed by atoms with Crippen LogP contribution in [-0.4, -0.2) is 20.4 Å². The van der Waals surface area contributed by atoms with Gasteiger partial charge in [0.05, 0.1) is 36.3 Å². The highest BCUT2D eigenvalue weighted by Gasteiger charge is 2.47. The Morgan fingerprint density at radius 2 is 2.20 bits per heavy atom. The highest BCUT2D eigenvalue weighted by molar-refractivity contribution is 6.05. The zero-order valence-corrected chi connectivity index (χ0v) is 11.3. The summed E-state index contributed by atoms with van der Waals surface area (Å²) in [6.45, 7) is 3.49. The number of ketones is 1. The Kier molecular flexibility index (Phi) is 2.76. The van der Waals surface area contributed by atoms with Crippen molar-refractivity contribution in [3.63, 3.8) is 0 Å². The Morgan fingerprint density at radius 1 is 1.45 bits per heavy atom. The molecule has 0 bridgehead atoms. The number of imidazole rings is 1. The number of Topliss-reactive ketones (excluding diaryl/α,β-unsaturated/α-hetero) is 1. The summed E-state index contributed by atoms with van der Waals surface area (Å²) in [6.07, 6.45) is 3.13. The number of carbonyl (C=O) groups is 1. The van der Waals surface area contributed by atoms with Gasteiger partial charge < -0.3 is 9.67 Å². The van der Waals surface area contributed by atoms with E-state index in [-0.39, 0.29) is 24.2 Å². The van der Waals surface area contributed by atoms with E-state index in [1.54, 1.807) is 17.1 Å². The Labute approximate surface area is 115 Å². The number of fused-ring (bicyclic) bond motifs is 1. The molecular weight excluding hydrogens is 259 g/mol. The molecule has 0 unspecified atom stereocenters. The number of carbonyl (C=O) groups excluding carboxylic acids is 1.